The molecule has 1 N–H and O–H groups in total. The maximum absolute atomic E-state index is 12.7. The van der Waals surface area contributed by atoms with Gasteiger partial charge >= 0.3 is 0 Å². The van der Waals surface area contributed by atoms with Gasteiger partial charge in [-0.25, -0.2) is 4.39 Å². The summed E-state index contributed by atoms with van der Waals surface area (Å²) < 4.78 is 12.7. The van der Waals surface area contributed by atoms with Gasteiger partial charge in [-0.1, -0.05) is 0 Å². The van der Waals surface area contributed by atoms with Crippen LogP contribution in [0.1, 0.15) is 4.88 Å². The molecule has 0 spiro atoms. The molecule has 0 saturated carbocycles. The van der Waals surface area contributed by atoms with Crippen LogP contribution in [0.2, 0.25) is 0 Å². The minimum atomic E-state index is -0.478. The van der Waals surface area contributed by atoms with Crippen LogP contribution in [0.5, 0.6) is 5.75 Å². The van der Waals surface area contributed by atoms with E-state index in [2.05, 4.69) is 0 Å². The molecule has 0 atom stereocenters. The molecule has 0 amide bonds. The van der Waals surface area contributed by atoms with Crippen LogP contribution in [0, 0.1) is 17.1 Å². The number of benzene rings is 1. The first-order valence-electron chi connectivity index (χ1n) is 4.19. The quantitative estimate of drug-likeness (QED) is 0.800. The number of thiophene rings is 1. The van der Waals surface area contributed by atoms with E-state index in [1.807, 2.05) is 6.07 Å². The Morgan fingerprint density at radius 3 is 2.67 bits per heavy atom. The molecule has 15 heavy (non-hydrogen) atoms. The monoisotopic (exact) mass is 219 g/mol. The minimum Gasteiger partial charge on any atom is -0.507 e. The molecule has 0 aliphatic carbocycles. The molecule has 1 aromatic carbocycles. The van der Waals surface area contributed by atoms with E-state index < -0.39 is 5.82 Å². The zero-order valence-electron chi connectivity index (χ0n) is 7.57. The molecule has 1 heterocycles. The second kappa shape index (κ2) is 3.71. The number of aromatic hydroxyl groups is 1. The Labute approximate surface area is 89.8 Å². The number of phenols is 1. The fourth-order valence-corrected chi connectivity index (χ4v) is 2.09. The van der Waals surface area contributed by atoms with Crippen LogP contribution < -0.4 is 0 Å². The lowest BCUT2D eigenvalue weighted by Crippen LogP contribution is -1.77. The average Bonchev–Trinajstić information content (AvgIpc) is 2.66. The van der Waals surface area contributed by atoms with Crippen molar-refractivity contribution in [3.05, 3.63) is 41.0 Å². The van der Waals surface area contributed by atoms with Crippen molar-refractivity contribution in [1.29, 1.82) is 5.26 Å². The highest BCUT2D eigenvalue weighted by atomic mass is 32.1. The zero-order valence-corrected chi connectivity index (χ0v) is 8.38. The van der Waals surface area contributed by atoms with Gasteiger partial charge in [-0.3, -0.25) is 0 Å². The maximum atomic E-state index is 12.7. The standard InChI is InChI=1S/C11H6FNOS/c12-7-1-3-9(10(14)5-7)11-4-2-8(6-13)15-11/h1-5,14H. The summed E-state index contributed by atoms with van der Waals surface area (Å²) >= 11 is 1.26. The van der Waals surface area contributed by atoms with Crippen LogP contribution in [-0.2, 0) is 0 Å². The van der Waals surface area contributed by atoms with Crippen LogP contribution in [-0.4, -0.2) is 5.11 Å². The summed E-state index contributed by atoms with van der Waals surface area (Å²) in [5.74, 6) is -0.588. The highest BCUT2D eigenvalue weighted by molar-refractivity contribution is 7.16. The Balaban J connectivity index is 2.50. The summed E-state index contributed by atoms with van der Waals surface area (Å²) in [6.45, 7) is 0. The van der Waals surface area contributed by atoms with E-state index in [9.17, 15) is 9.50 Å². The Bertz CT molecular complexity index is 542. The number of hydrogen-bond donors (Lipinski definition) is 1. The van der Waals surface area contributed by atoms with Crippen molar-refractivity contribution in [3.63, 3.8) is 0 Å². The molecule has 2 rings (SSSR count). The van der Waals surface area contributed by atoms with Gasteiger partial charge in [0.2, 0.25) is 0 Å². The third kappa shape index (κ3) is 1.83. The zero-order chi connectivity index (χ0) is 10.8. The summed E-state index contributed by atoms with van der Waals surface area (Å²) in [5, 5.41) is 18.2. The van der Waals surface area contributed by atoms with E-state index in [0.29, 0.717) is 10.4 Å². The van der Waals surface area contributed by atoms with Gasteiger partial charge < -0.3 is 5.11 Å². The van der Waals surface area contributed by atoms with Crippen LogP contribution >= 0.6 is 11.3 Å². The predicted molar refractivity (Wildman–Crippen MR) is 56.1 cm³/mol. The number of hydrogen-bond acceptors (Lipinski definition) is 3. The van der Waals surface area contributed by atoms with Gasteiger partial charge in [-0.15, -0.1) is 11.3 Å². The van der Waals surface area contributed by atoms with E-state index in [-0.39, 0.29) is 5.75 Å². The topological polar surface area (TPSA) is 44.0 Å². The first-order chi connectivity index (χ1) is 7.20. The van der Waals surface area contributed by atoms with Crippen molar-refractivity contribution >= 4 is 11.3 Å². The van der Waals surface area contributed by atoms with Crippen molar-refractivity contribution in [1.82, 2.24) is 0 Å². The van der Waals surface area contributed by atoms with Crippen molar-refractivity contribution in [2.24, 2.45) is 0 Å². The minimum absolute atomic E-state index is 0.110. The fourth-order valence-electron chi connectivity index (χ4n) is 1.26. The van der Waals surface area contributed by atoms with Gasteiger partial charge in [0.25, 0.3) is 0 Å². The van der Waals surface area contributed by atoms with Gasteiger partial charge in [-0.05, 0) is 24.3 Å². The molecule has 4 heteroatoms. The van der Waals surface area contributed by atoms with Crippen LogP contribution in [0.4, 0.5) is 4.39 Å². The predicted octanol–water partition coefficient (Wildman–Crippen LogP) is 3.13. The molecule has 1 aromatic heterocycles. The lowest BCUT2D eigenvalue weighted by Gasteiger charge is -2.00. The molecule has 2 nitrogen and oxygen atoms in total. The molecule has 2 aromatic rings. The number of nitriles is 1. The molecule has 0 radical (unpaired) electrons. The summed E-state index contributed by atoms with van der Waals surface area (Å²) in [6.07, 6.45) is 0. The van der Waals surface area contributed by atoms with Crippen molar-refractivity contribution in [3.8, 4) is 22.3 Å². The Morgan fingerprint density at radius 1 is 1.27 bits per heavy atom. The third-order valence-electron chi connectivity index (χ3n) is 1.94. The van der Waals surface area contributed by atoms with Gasteiger partial charge in [0.15, 0.2) is 0 Å². The second-order valence-electron chi connectivity index (χ2n) is 2.94. The molecule has 0 saturated heterocycles. The van der Waals surface area contributed by atoms with Crippen molar-refractivity contribution < 1.29 is 9.50 Å². The average molecular weight is 219 g/mol. The van der Waals surface area contributed by atoms with Gasteiger partial charge in [0, 0.05) is 16.5 Å². The van der Waals surface area contributed by atoms with E-state index in [1.165, 1.54) is 23.5 Å². The first kappa shape index (κ1) is 9.69. The van der Waals surface area contributed by atoms with Gasteiger partial charge in [-0.2, -0.15) is 5.26 Å². The second-order valence-corrected chi connectivity index (χ2v) is 4.02. The molecular weight excluding hydrogens is 213 g/mol. The molecular formula is C11H6FNOS. The normalized spacial score (nSPS) is 9.87. The van der Waals surface area contributed by atoms with Crippen LogP contribution in [0.3, 0.4) is 0 Å². The summed E-state index contributed by atoms with van der Waals surface area (Å²) in [7, 11) is 0. The molecule has 0 aliphatic rings. The van der Waals surface area contributed by atoms with Crippen molar-refractivity contribution in [2.45, 2.75) is 0 Å². The van der Waals surface area contributed by atoms with Crippen LogP contribution in [0.25, 0.3) is 10.4 Å². The van der Waals surface area contributed by atoms with E-state index >= 15 is 0 Å². The van der Waals surface area contributed by atoms with Crippen LogP contribution in [0.15, 0.2) is 30.3 Å². The van der Waals surface area contributed by atoms with E-state index in [4.69, 9.17) is 5.26 Å². The van der Waals surface area contributed by atoms with E-state index in [0.717, 1.165) is 10.9 Å². The third-order valence-corrected chi connectivity index (χ3v) is 2.96. The number of nitrogens with zero attached hydrogens (tertiary/aromatic N) is 1. The smallest absolute Gasteiger partial charge is 0.127 e. The molecule has 0 fully saturated rings. The largest absolute Gasteiger partial charge is 0.507 e. The van der Waals surface area contributed by atoms with Gasteiger partial charge in [0.05, 0.1) is 0 Å². The first-order valence-corrected chi connectivity index (χ1v) is 5.01. The Hall–Kier alpha value is -1.86. The number of rotatable bonds is 1. The Morgan fingerprint density at radius 2 is 2.07 bits per heavy atom. The lowest BCUT2D eigenvalue weighted by molar-refractivity contribution is 0.471. The SMILES string of the molecule is N#Cc1ccc(-c2ccc(F)cc2O)s1. The highest BCUT2D eigenvalue weighted by Gasteiger charge is 2.07. The molecule has 0 aliphatic heterocycles. The fraction of sp³-hybridized carbons (Fsp3) is 0. The molecule has 0 bridgehead atoms. The Kier molecular flexibility index (Phi) is 2.40. The maximum Gasteiger partial charge on any atom is 0.127 e. The summed E-state index contributed by atoms with van der Waals surface area (Å²) in [6, 6.07) is 9.25. The number of phenolic OH excluding ortho intramolecular Hbond substituents is 1. The number of halogens is 1. The lowest BCUT2D eigenvalue weighted by atomic mass is 10.1. The van der Waals surface area contributed by atoms with E-state index in [1.54, 1.807) is 12.1 Å². The molecule has 74 valence electrons. The molecule has 0 unspecified atom stereocenters. The summed E-state index contributed by atoms with van der Waals surface area (Å²) in [5.41, 5.74) is 0.544. The summed E-state index contributed by atoms with van der Waals surface area (Å²) in [4.78, 5) is 1.32. The highest BCUT2D eigenvalue weighted by Crippen LogP contribution is 2.34. The van der Waals surface area contributed by atoms with Crippen molar-refractivity contribution in [2.75, 3.05) is 0 Å². The van der Waals surface area contributed by atoms with Gasteiger partial charge in [0.1, 0.15) is 22.5 Å².